The molecule has 18 heavy (non-hydrogen) atoms. The van der Waals surface area contributed by atoms with Crippen LogP contribution in [0, 0.1) is 5.82 Å². The first-order valence-electron chi connectivity index (χ1n) is 6.30. The Kier molecular flexibility index (Phi) is 4.11. The van der Waals surface area contributed by atoms with Crippen LogP contribution in [0.25, 0.3) is 11.1 Å². The molecule has 1 unspecified atom stereocenters. The fourth-order valence-electron chi connectivity index (χ4n) is 2.21. The second kappa shape index (κ2) is 5.78. The minimum Gasteiger partial charge on any atom is -0.310 e. The van der Waals surface area contributed by atoms with E-state index in [1.807, 2.05) is 24.3 Å². The van der Waals surface area contributed by atoms with Crippen LogP contribution in [-0.4, -0.2) is 6.54 Å². The molecule has 0 aliphatic rings. The normalized spacial score (nSPS) is 12.4. The predicted molar refractivity (Wildman–Crippen MR) is 73.9 cm³/mol. The van der Waals surface area contributed by atoms with Crippen LogP contribution in [0.5, 0.6) is 0 Å². The Morgan fingerprint density at radius 1 is 1.11 bits per heavy atom. The number of benzene rings is 2. The molecular weight excluding hydrogens is 225 g/mol. The molecule has 0 spiro atoms. The number of rotatable bonds is 4. The number of nitrogens with one attached hydrogen (secondary N) is 1. The van der Waals surface area contributed by atoms with Gasteiger partial charge in [-0.05, 0) is 42.3 Å². The standard InChI is InChI=1S/C16H18FN/c1-3-18-12(2)15-9-4-5-10-16(15)13-7-6-8-14(17)11-13/h4-12,18H,3H2,1-2H3. The summed E-state index contributed by atoms with van der Waals surface area (Å²) in [6.45, 7) is 5.13. The van der Waals surface area contributed by atoms with E-state index in [1.54, 1.807) is 12.1 Å². The van der Waals surface area contributed by atoms with Crippen molar-refractivity contribution >= 4 is 0 Å². The molecule has 0 aromatic heterocycles. The fraction of sp³-hybridized carbons (Fsp3) is 0.250. The number of hydrogen-bond donors (Lipinski definition) is 1. The summed E-state index contributed by atoms with van der Waals surface area (Å²) in [5.74, 6) is -0.196. The average Bonchev–Trinajstić information content (AvgIpc) is 2.39. The minimum atomic E-state index is -0.196. The molecule has 2 heteroatoms. The molecule has 2 aromatic carbocycles. The fourth-order valence-corrected chi connectivity index (χ4v) is 2.21. The van der Waals surface area contributed by atoms with Crippen molar-refractivity contribution in [1.82, 2.24) is 5.32 Å². The van der Waals surface area contributed by atoms with Gasteiger partial charge in [-0.15, -0.1) is 0 Å². The summed E-state index contributed by atoms with van der Waals surface area (Å²) < 4.78 is 13.3. The van der Waals surface area contributed by atoms with Crippen LogP contribution in [0.4, 0.5) is 4.39 Å². The first-order chi connectivity index (χ1) is 8.72. The van der Waals surface area contributed by atoms with Gasteiger partial charge in [0.2, 0.25) is 0 Å². The Hall–Kier alpha value is -1.67. The van der Waals surface area contributed by atoms with E-state index in [4.69, 9.17) is 0 Å². The molecule has 0 saturated carbocycles. The summed E-state index contributed by atoms with van der Waals surface area (Å²) >= 11 is 0. The van der Waals surface area contributed by atoms with E-state index in [2.05, 4.69) is 25.2 Å². The first kappa shape index (κ1) is 12.8. The van der Waals surface area contributed by atoms with Gasteiger partial charge in [-0.2, -0.15) is 0 Å². The number of halogens is 1. The van der Waals surface area contributed by atoms with Crippen LogP contribution in [0.15, 0.2) is 48.5 Å². The highest BCUT2D eigenvalue weighted by Crippen LogP contribution is 2.28. The number of hydrogen-bond acceptors (Lipinski definition) is 1. The van der Waals surface area contributed by atoms with Gasteiger partial charge in [0.05, 0.1) is 0 Å². The van der Waals surface area contributed by atoms with Gasteiger partial charge in [-0.3, -0.25) is 0 Å². The van der Waals surface area contributed by atoms with Crippen molar-refractivity contribution in [2.24, 2.45) is 0 Å². The van der Waals surface area contributed by atoms with Crippen LogP contribution in [0.1, 0.15) is 25.5 Å². The van der Waals surface area contributed by atoms with E-state index in [0.717, 1.165) is 17.7 Å². The zero-order valence-corrected chi connectivity index (χ0v) is 10.8. The van der Waals surface area contributed by atoms with Crippen molar-refractivity contribution in [3.05, 3.63) is 59.9 Å². The van der Waals surface area contributed by atoms with Gasteiger partial charge in [0.25, 0.3) is 0 Å². The second-order valence-electron chi connectivity index (χ2n) is 4.38. The lowest BCUT2D eigenvalue weighted by Gasteiger charge is -2.17. The summed E-state index contributed by atoms with van der Waals surface area (Å²) in [6, 6.07) is 15.1. The van der Waals surface area contributed by atoms with Crippen LogP contribution < -0.4 is 5.32 Å². The highest BCUT2D eigenvalue weighted by atomic mass is 19.1. The summed E-state index contributed by atoms with van der Waals surface area (Å²) in [6.07, 6.45) is 0. The van der Waals surface area contributed by atoms with Crippen molar-refractivity contribution < 1.29 is 4.39 Å². The van der Waals surface area contributed by atoms with Gasteiger partial charge in [-0.1, -0.05) is 43.3 Å². The molecule has 2 aromatic rings. The quantitative estimate of drug-likeness (QED) is 0.850. The monoisotopic (exact) mass is 243 g/mol. The molecule has 0 aliphatic carbocycles. The van der Waals surface area contributed by atoms with E-state index >= 15 is 0 Å². The highest BCUT2D eigenvalue weighted by Gasteiger charge is 2.10. The summed E-state index contributed by atoms with van der Waals surface area (Å²) in [5, 5.41) is 3.39. The SMILES string of the molecule is CCNC(C)c1ccccc1-c1cccc(F)c1. The molecule has 0 heterocycles. The summed E-state index contributed by atoms with van der Waals surface area (Å²) in [5.41, 5.74) is 3.21. The van der Waals surface area contributed by atoms with E-state index in [0.29, 0.717) is 0 Å². The van der Waals surface area contributed by atoms with Crippen LogP contribution in [0.2, 0.25) is 0 Å². The zero-order chi connectivity index (χ0) is 13.0. The van der Waals surface area contributed by atoms with Gasteiger partial charge < -0.3 is 5.32 Å². The predicted octanol–water partition coefficient (Wildman–Crippen LogP) is 4.16. The molecule has 0 bridgehead atoms. The molecule has 1 nitrogen and oxygen atoms in total. The van der Waals surface area contributed by atoms with Crippen LogP contribution in [-0.2, 0) is 0 Å². The largest absolute Gasteiger partial charge is 0.310 e. The molecule has 94 valence electrons. The third-order valence-electron chi connectivity index (χ3n) is 3.07. The van der Waals surface area contributed by atoms with E-state index in [9.17, 15) is 4.39 Å². The maximum atomic E-state index is 13.3. The molecular formula is C16H18FN. The van der Waals surface area contributed by atoms with Gasteiger partial charge in [-0.25, -0.2) is 4.39 Å². The average molecular weight is 243 g/mol. The first-order valence-corrected chi connectivity index (χ1v) is 6.30. The van der Waals surface area contributed by atoms with Gasteiger partial charge in [0.1, 0.15) is 5.82 Å². The topological polar surface area (TPSA) is 12.0 Å². The summed E-state index contributed by atoms with van der Waals surface area (Å²) in [4.78, 5) is 0. The van der Waals surface area contributed by atoms with Crippen LogP contribution in [0.3, 0.4) is 0 Å². The summed E-state index contributed by atoms with van der Waals surface area (Å²) in [7, 11) is 0. The molecule has 1 atom stereocenters. The maximum absolute atomic E-state index is 13.3. The lowest BCUT2D eigenvalue weighted by molar-refractivity contribution is 0.599. The molecule has 0 fully saturated rings. The van der Waals surface area contributed by atoms with Gasteiger partial charge in [0.15, 0.2) is 0 Å². The third kappa shape index (κ3) is 2.77. The van der Waals surface area contributed by atoms with Crippen molar-refractivity contribution in [3.8, 4) is 11.1 Å². The third-order valence-corrected chi connectivity index (χ3v) is 3.07. The van der Waals surface area contributed by atoms with Crippen molar-refractivity contribution in [2.75, 3.05) is 6.54 Å². The van der Waals surface area contributed by atoms with E-state index in [-0.39, 0.29) is 11.9 Å². The van der Waals surface area contributed by atoms with Crippen LogP contribution >= 0.6 is 0 Å². The van der Waals surface area contributed by atoms with E-state index in [1.165, 1.54) is 11.6 Å². The highest BCUT2D eigenvalue weighted by molar-refractivity contribution is 5.67. The second-order valence-corrected chi connectivity index (χ2v) is 4.38. The van der Waals surface area contributed by atoms with Gasteiger partial charge >= 0.3 is 0 Å². The van der Waals surface area contributed by atoms with Crippen molar-refractivity contribution in [3.63, 3.8) is 0 Å². The Labute approximate surface area is 108 Å². The molecule has 0 amide bonds. The Morgan fingerprint density at radius 2 is 1.89 bits per heavy atom. The zero-order valence-electron chi connectivity index (χ0n) is 10.8. The maximum Gasteiger partial charge on any atom is 0.123 e. The lowest BCUT2D eigenvalue weighted by atomic mass is 9.95. The van der Waals surface area contributed by atoms with Gasteiger partial charge in [0, 0.05) is 6.04 Å². The molecule has 1 N–H and O–H groups in total. The van der Waals surface area contributed by atoms with Crippen molar-refractivity contribution in [1.29, 1.82) is 0 Å². The van der Waals surface area contributed by atoms with E-state index < -0.39 is 0 Å². The smallest absolute Gasteiger partial charge is 0.123 e. The molecule has 0 aliphatic heterocycles. The molecule has 0 saturated heterocycles. The molecule has 0 radical (unpaired) electrons. The van der Waals surface area contributed by atoms with Crippen molar-refractivity contribution in [2.45, 2.75) is 19.9 Å². The molecule has 2 rings (SSSR count). The lowest BCUT2D eigenvalue weighted by Crippen LogP contribution is -2.18. The minimum absolute atomic E-state index is 0.196. The Bertz CT molecular complexity index is 522. The Balaban J connectivity index is 2.44. The Morgan fingerprint density at radius 3 is 2.61 bits per heavy atom.